The van der Waals surface area contributed by atoms with Gasteiger partial charge in [-0.3, -0.25) is 10.2 Å². The number of aromatic nitrogens is 2. The summed E-state index contributed by atoms with van der Waals surface area (Å²) in [5.74, 6) is -0.203. The number of hydrogen-bond donors (Lipinski definition) is 2. The van der Waals surface area contributed by atoms with Crippen molar-refractivity contribution in [1.82, 2.24) is 9.55 Å². The molecule has 3 N–H and O–H groups in total. The molecule has 0 aliphatic carbocycles. The first-order valence-corrected chi connectivity index (χ1v) is 10.3. The average molecular weight is 447 g/mol. The van der Waals surface area contributed by atoms with Gasteiger partial charge in [-0.25, -0.2) is 9.78 Å². The van der Waals surface area contributed by atoms with E-state index in [0.29, 0.717) is 35.2 Å². The van der Waals surface area contributed by atoms with E-state index in [9.17, 15) is 9.59 Å². The number of nitrogens with two attached hydrogens (primary N) is 1. The Hall–Kier alpha value is -4.20. The molecule has 1 aromatic heterocycles. The van der Waals surface area contributed by atoms with E-state index in [2.05, 4.69) is 11.3 Å². The number of nitrogen functional groups attached to an aromatic ring is 1. The molecule has 33 heavy (non-hydrogen) atoms. The van der Waals surface area contributed by atoms with Gasteiger partial charge in [-0.15, -0.1) is 0 Å². The predicted molar refractivity (Wildman–Crippen MR) is 126 cm³/mol. The van der Waals surface area contributed by atoms with Crippen LogP contribution < -0.4 is 5.73 Å². The fraction of sp³-hybridized carbons (Fsp3) is 0.200. The molecule has 3 aromatic rings. The zero-order valence-corrected chi connectivity index (χ0v) is 18.6. The van der Waals surface area contributed by atoms with Gasteiger partial charge in [0.1, 0.15) is 18.3 Å². The molecule has 0 atom stereocenters. The van der Waals surface area contributed by atoms with E-state index in [1.807, 2.05) is 42.1 Å². The summed E-state index contributed by atoms with van der Waals surface area (Å²) in [5.41, 5.74) is 9.68. The van der Waals surface area contributed by atoms with Crippen molar-refractivity contribution in [2.45, 2.75) is 12.8 Å². The highest BCUT2D eigenvalue weighted by Crippen LogP contribution is 2.28. The van der Waals surface area contributed by atoms with Crippen molar-refractivity contribution in [3.8, 4) is 22.6 Å². The number of carbonyl (C=O) groups excluding carboxylic acids is 2. The quantitative estimate of drug-likeness (QED) is 0.225. The number of carbonyl (C=O) groups is 2. The summed E-state index contributed by atoms with van der Waals surface area (Å²) in [6, 6.07) is 12.7. The Morgan fingerprint density at radius 2 is 1.94 bits per heavy atom. The topological polar surface area (TPSA) is 120 Å². The molecule has 0 bridgehead atoms. The lowest BCUT2D eigenvalue weighted by molar-refractivity contribution is -0.140. The fourth-order valence-corrected chi connectivity index (χ4v) is 3.37. The van der Waals surface area contributed by atoms with Crippen LogP contribution in [0.2, 0.25) is 0 Å². The molecule has 170 valence electrons. The van der Waals surface area contributed by atoms with Gasteiger partial charge in [-0.2, -0.15) is 0 Å². The Balaban J connectivity index is 1.89. The number of aryl methyl sites for hydroxylation is 2. The number of hydrogen-bond acceptors (Lipinski definition) is 6. The van der Waals surface area contributed by atoms with Gasteiger partial charge >= 0.3 is 11.9 Å². The van der Waals surface area contributed by atoms with E-state index in [4.69, 9.17) is 20.9 Å². The molecule has 0 amide bonds. The lowest BCUT2D eigenvalue weighted by Crippen LogP contribution is -2.14. The highest BCUT2D eigenvalue weighted by Gasteiger charge is 2.17. The number of amidine groups is 1. The molecule has 0 radical (unpaired) electrons. The highest BCUT2D eigenvalue weighted by molar-refractivity contribution is 6.03. The second-order valence-electron chi connectivity index (χ2n) is 7.39. The highest BCUT2D eigenvalue weighted by atomic mass is 16.5. The van der Waals surface area contributed by atoms with Crippen molar-refractivity contribution >= 4 is 17.8 Å². The molecule has 3 rings (SSSR count). The fourth-order valence-electron chi connectivity index (χ4n) is 3.37. The van der Waals surface area contributed by atoms with Crippen LogP contribution in [0.4, 0.5) is 0 Å². The minimum atomic E-state index is -0.516. The number of rotatable bonds is 9. The molecule has 0 unspecified atom stereocenters. The molecule has 8 heteroatoms. The number of esters is 2. The van der Waals surface area contributed by atoms with Crippen LogP contribution in [0.5, 0.6) is 0 Å². The molecular weight excluding hydrogens is 420 g/mol. The van der Waals surface area contributed by atoms with Gasteiger partial charge in [0, 0.05) is 36.4 Å². The van der Waals surface area contributed by atoms with E-state index in [-0.39, 0.29) is 18.4 Å². The van der Waals surface area contributed by atoms with Crippen LogP contribution in [0.25, 0.3) is 22.6 Å². The zero-order valence-electron chi connectivity index (χ0n) is 18.6. The lowest BCUT2D eigenvalue weighted by atomic mass is 10.0. The van der Waals surface area contributed by atoms with Gasteiger partial charge < -0.3 is 19.8 Å². The van der Waals surface area contributed by atoms with Crippen molar-refractivity contribution in [3.63, 3.8) is 0 Å². The van der Waals surface area contributed by atoms with Crippen LogP contribution in [-0.4, -0.2) is 41.0 Å². The number of benzene rings is 2. The van der Waals surface area contributed by atoms with E-state index in [1.165, 1.54) is 19.3 Å². The van der Waals surface area contributed by atoms with E-state index in [0.717, 1.165) is 17.0 Å². The van der Waals surface area contributed by atoms with Crippen LogP contribution in [0.1, 0.15) is 27.9 Å². The van der Waals surface area contributed by atoms with Crippen LogP contribution in [0, 0.1) is 5.41 Å². The Bertz CT molecular complexity index is 1200. The van der Waals surface area contributed by atoms with Crippen molar-refractivity contribution in [2.24, 2.45) is 12.8 Å². The van der Waals surface area contributed by atoms with Crippen molar-refractivity contribution in [1.29, 1.82) is 5.41 Å². The van der Waals surface area contributed by atoms with Gasteiger partial charge in [-0.05, 0) is 24.1 Å². The second-order valence-corrected chi connectivity index (χ2v) is 7.39. The molecular formula is C25H26N4O4. The summed E-state index contributed by atoms with van der Waals surface area (Å²) < 4.78 is 11.6. The molecule has 8 nitrogen and oxygen atoms in total. The maximum atomic E-state index is 12.2. The molecule has 1 heterocycles. The first kappa shape index (κ1) is 23.5. The minimum Gasteiger partial charge on any atom is -0.469 e. The molecule has 0 aliphatic rings. The number of imidazole rings is 1. The minimum absolute atomic E-state index is 0.0983. The Labute approximate surface area is 192 Å². The largest absolute Gasteiger partial charge is 0.469 e. The first-order valence-electron chi connectivity index (χ1n) is 10.3. The molecule has 0 saturated carbocycles. The van der Waals surface area contributed by atoms with Crippen molar-refractivity contribution < 1.29 is 19.1 Å². The number of nitrogens with zero attached hydrogens (tertiary/aromatic N) is 2. The summed E-state index contributed by atoms with van der Waals surface area (Å²) in [4.78, 5) is 28.3. The summed E-state index contributed by atoms with van der Waals surface area (Å²) in [5, 5.41) is 7.98. The SMILES string of the molecule is C=CCOC(=O)c1ccc(-c2cn(C)c(-c3ccc(CCC(=O)OC)cc3)n2)c(C(=N)N)c1. The van der Waals surface area contributed by atoms with Gasteiger partial charge in [0.2, 0.25) is 0 Å². The van der Waals surface area contributed by atoms with Crippen LogP contribution >= 0.6 is 0 Å². The van der Waals surface area contributed by atoms with E-state index >= 15 is 0 Å². The Morgan fingerprint density at radius 3 is 2.58 bits per heavy atom. The van der Waals surface area contributed by atoms with Gasteiger partial charge in [0.05, 0.1) is 18.4 Å². The summed E-state index contributed by atoms with van der Waals surface area (Å²) in [6.07, 6.45) is 4.26. The third-order valence-electron chi connectivity index (χ3n) is 5.09. The molecule has 0 fully saturated rings. The average Bonchev–Trinajstić information content (AvgIpc) is 3.22. The molecule has 0 spiro atoms. The molecule has 0 saturated heterocycles. The summed E-state index contributed by atoms with van der Waals surface area (Å²) >= 11 is 0. The van der Waals surface area contributed by atoms with Crippen LogP contribution in [0.3, 0.4) is 0 Å². The Kier molecular flexibility index (Phi) is 7.40. The van der Waals surface area contributed by atoms with Crippen molar-refractivity contribution in [2.75, 3.05) is 13.7 Å². The standard InChI is InChI=1S/C25H26N4O4/c1-4-13-33-25(31)18-10-11-19(20(14-18)23(26)27)21-15-29(2)24(28-21)17-8-5-16(6-9-17)7-12-22(30)32-3/h4-6,8-11,14-15H,1,7,12-13H2,2-3H3,(H3,26,27). The Morgan fingerprint density at radius 1 is 1.21 bits per heavy atom. The first-order chi connectivity index (χ1) is 15.8. The third-order valence-corrected chi connectivity index (χ3v) is 5.09. The van der Waals surface area contributed by atoms with Crippen LogP contribution in [0.15, 0.2) is 61.3 Å². The van der Waals surface area contributed by atoms with Gasteiger partial charge in [0.25, 0.3) is 0 Å². The van der Waals surface area contributed by atoms with Gasteiger partial charge in [-0.1, -0.05) is 43.0 Å². The molecule has 0 aliphatic heterocycles. The zero-order chi connectivity index (χ0) is 24.0. The summed E-state index contributed by atoms with van der Waals surface area (Å²) in [7, 11) is 3.26. The van der Waals surface area contributed by atoms with Crippen molar-refractivity contribution in [3.05, 3.63) is 78.0 Å². The monoisotopic (exact) mass is 446 g/mol. The third kappa shape index (κ3) is 5.54. The maximum absolute atomic E-state index is 12.2. The molecule has 2 aromatic carbocycles. The maximum Gasteiger partial charge on any atom is 0.338 e. The van der Waals surface area contributed by atoms with Crippen LogP contribution in [-0.2, 0) is 27.7 Å². The van der Waals surface area contributed by atoms with E-state index in [1.54, 1.807) is 12.1 Å². The van der Waals surface area contributed by atoms with Gasteiger partial charge in [0.15, 0.2) is 0 Å². The smallest absolute Gasteiger partial charge is 0.338 e. The lowest BCUT2D eigenvalue weighted by Gasteiger charge is -2.09. The number of ether oxygens (including phenoxy) is 2. The van der Waals surface area contributed by atoms with E-state index < -0.39 is 5.97 Å². The predicted octanol–water partition coefficient (Wildman–Crippen LogP) is 3.49. The normalized spacial score (nSPS) is 10.5. The summed E-state index contributed by atoms with van der Waals surface area (Å²) in [6.45, 7) is 3.62. The number of nitrogens with one attached hydrogen (secondary N) is 1. The number of methoxy groups -OCH3 is 1. The second kappa shape index (κ2) is 10.4.